The van der Waals surface area contributed by atoms with Gasteiger partial charge in [-0.2, -0.15) is 0 Å². The molecule has 1 aromatic carbocycles. The van der Waals surface area contributed by atoms with Crippen LogP contribution in [0.3, 0.4) is 0 Å². The molecule has 0 bridgehead atoms. The van der Waals surface area contributed by atoms with Gasteiger partial charge in [-0.25, -0.2) is 14.8 Å². The molecule has 0 saturated heterocycles. The molecule has 0 unspecified atom stereocenters. The van der Waals surface area contributed by atoms with Crippen molar-refractivity contribution in [2.45, 2.75) is 26.4 Å². The standard InChI is InChI=1S/C16H17ClN2O3/c1-9(2)14-13(16(20)21)12(8-22-3)18-15(19-14)10-4-6-11(17)7-5-10/h4-7,9H,8H2,1-3H3,(H,20,21). The van der Waals surface area contributed by atoms with Crippen molar-refractivity contribution in [3.8, 4) is 11.4 Å². The Balaban J connectivity index is 2.66. The fourth-order valence-electron chi connectivity index (χ4n) is 2.15. The maximum Gasteiger partial charge on any atom is 0.339 e. The molecule has 2 rings (SSSR count). The monoisotopic (exact) mass is 320 g/mol. The summed E-state index contributed by atoms with van der Waals surface area (Å²) in [6.07, 6.45) is 0. The number of benzene rings is 1. The zero-order valence-electron chi connectivity index (χ0n) is 12.6. The first kappa shape index (κ1) is 16.4. The van der Waals surface area contributed by atoms with Crippen LogP contribution in [0.5, 0.6) is 0 Å². The minimum absolute atomic E-state index is 0.0456. The fourth-order valence-corrected chi connectivity index (χ4v) is 2.27. The van der Waals surface area contributed by atoms with Crippen LogP contribution in [0.4, 0.5) is 0 Å². The predicted octanol–water partition coefficient (Wildman–Crippen LogP) is 3.77. The van der Waals surface area contributed by atoms with Gasteiger partial charge in [0.05, 0.1) is 18.0 Å². The van der Waals surface area contributed by atoms with E-state index in [9.17, 15) is 9.90 Å². The summed E-state index contributed by atoms with van der Waals surface area (Å²) >= 11 is 5.89. The highest BCUT2D eigenvalue weighted by Gasteiger charge is 2.22. The summed E-state index contributed by atoms with van der Waals surface area (Å²) in [6, 6.07) is 7.10. The Morgan fingerprint density at radius 1 is 1.27 bits per heavy atom. The lowest BCUT2D eigenvalue weighted by molar-refractivity contribution is 0.0688. The van der Waals surface area contributed by atoms with Gasteiger partial charge in [-0.3, -0.25) is 0 Å². The van der Waals surface area contributed by atoms with E-state index in [0.717, 1.165) is 5.56 Å². The number of aromatic nitrogens is 2. The number of aromatic carboxylic acids is 1. The van der Waals surface area contributed by atoms with Crippen LogP contribution in [0, 0.1) is 0 Å². The molecule has 1 heterocycles. The topological polar surface area (TPSA) is 72.3 Å². The molecule has 1 N–H and O–H groups in total. The number of rotatable bonds is 5. The first-order valence-electron chi connectivity index (χ1n) is 6.83. The molecule has 0 aliphatic rings. The molecule has 0 atom stereocenters. The molecule has 2 aromatic rings. The Hall–Kier alpha value is -1.98. The molecule has 1 aromatic heterocycles. The molecule has 5 nitrogen and oxygen atoms in total. The van der Waals surface area contributed by atoms with E-state index in [2.05, 4.69) is 9.97 Å². The Labute approximate surface area is 133 Å². The average molecular weight is 321 g/mol. The molecule has 116 valence electrons. The Morgan fingerprint density at radius 3 is 2.41 bits per heavy atom. The normalized spacial score (nSPS) is 11.0. The van der Waals surface area contributed by atoms with Crippen molar-refractivity contribution in [3.05, 3.63) is 46.2 Å². The van der Waals surface area contributed by atoms with Crippen molar-refractivity contribution in [1.29, 1.82) is 0 Å². The highest BCUT2D eigenvalue weighted by molar-refractivity contribution is 6.30. The van der Waals surface area contributed by atoms with Crippen molar-refractivity contribution >= 4 is 17.6 Å². The quantitative estimate of drug-likeness (QED) is 0.908. The second kappa shape index (κ2) is 6.85. The van der Waals surface area contributed by atoms with E-state index in [1.54, 1.807) is 24.3 Å². The highest BCUT2D eigenvalue weighted by Crippen LogP contribution is 2.25. The molecule has 0 aliphatic heterocycles. The second-order valence-corrected chi connectivity index (χ2v) is 5.59. The maximum absolute atomic E-state index is 11.6. The number of ether oxygens (including phenoxy) is 1. The summed E-state index contributed by atoms with van der Waals surface area (Å²) in [5.41, 5.74) is 1.77. The summed E-state index contributed by atoms with van der Waals surface area (Å²) in [5, 5.41) is 10.1. The summed E-state index contributed by atoms with van der Waals surface area (Å²) in [6.45, 7) is 3.92. The van der Waals surface area contributed by atoms with Gasteiger partial charge in [0.15, 0.2) is 5.82 Å². The van der Waals surface area contributed by atoms with Crippen LogP contribution < -0.4 is 0 Å². The Kier molecular flexibility index (Phi) is 5.11. The smallest absolute Gasteiger partial charge is 0.339 e. The van der Waals surface area contributed by atoms with Gasteiger partial charge in [0, 0.05) is 17.7 Å². The van der Waals surface area contributed by atoms with Gasteiger partial charge in [-0.1, -0.05) is 25.4 Å². The van der Waals surface area contributed by atoms with E-state index in [1.807, 2.05) is 13.8 Å². The number of carboxylic acids is 1. The molecule has 0 radical (unpaired) electrons. The second-order valence-electron chi connectivity index (χ2n) is 5.15. The third kappa shape index (κ3) is 3.43. The van der Waals surface area contributed by atoms with Gasteiger partial charge < -0.3 is 9.84 Å². The van der Waals surface area contributed by atoms with Crippen LogP contribution in [-0.2, 0) is 11.3 Å². The zero-order valence-corrected chi connectivity index (χ0v) is 13.4. The van der Waals surface area contributed by atoms with Crippen molar-refractivity contribution in [1.82, 2.24) is 9.97 Å². The number of nitrogens with zero attached hydrogens (tertiary/aromatic N) is 2. The number of carbonyl (C=O) groups is 1. The van der Waals surface area contributed by atoms with E-state index in [-0.39, 0.29) is 18.1 Å². The van der Waals surface area contributed by atoms with Gasteiger partial charge in [0.1, 0.15) is 5.56 Å². The third-order valence-corrected chi connectivity index (χ3v) is 3.41. The predicted molar refractivity (Wildman–Crippen MR) is 84.2 cm³/mol. The minimum Gasteiger partial charge on any atom is -0.478 e. The number of methoxy groups -OCH3 is 1. The van der Waals surface area contributed by atoms with Crippen LogP contribution >= 0.6 is 11.6 Å². The molecule has 0 amide bonds. The lowest BCUT2D eigenvalue weighted by atomic mass is 10.0. The first-order chi connectivity index (χ1) is 10.4. The van der Waals surface area contributed by atoms with E-state index in [0.29, 0.717) is 22.2 Å². The minimum atomic E-state index is -1.04. The van der Waals surface area contributed by atoms with E-state index in [1.165, 1.54) is 7.11 Å². The average Bonchev–Trinajstić information content (AvgIpc) is 2.47. The summed E-state index contributed by atoms with van der Waals surface area (Å²) in [4.78, 5) is 20.4. The number of hydrogen-bond donors (Lipinski definition) is 1. The lowest BCUT2D eigenvalue weighted by Gasteiger charge is -2.14. The van der Waals surface area contributed by atoms with Crippen molar-refractivity contribution in [2.24, 2.45) is 0 Å². The number of halogens is 1. The lowest BCUT2D eigenvalue weighted by Crippen LogP contribution is -2.14. The SMILES string of the molecule is COCc1nc(-c2ccc(Cl)cc2)nc(C(C)C)c1C(=O)O. The van der Waals surface area contributed by atoms with E-state index >= 15 is 0 Å². The molecular weight excluding hydrogens is 304 g/mol. The fraction of sp³-hybridized carbons (Fsp3) is 0.312. The molecule has 0 aliphatic carbocycles. The van der Waals surface area contributed by atoms with Crippen molar-refractivity contribution in [3.63, 3.8) is 0 Å². The molecular formula is C16H17ClN2O3. The summed E-state index contributed by atoms with van der Waals surface area (Å²) in [5.74, 6) is -0.619. The maximum atomic E-state index is 11.6. The van der Waals surface area contributed by atoms with Crippen molar-refractivity contribution < 1.29 is 14.6 Å². The van der Waals surface area contributed by atoms with Crippen LogP contribution in [0.1, 0.15) is 41.5 Å². The number of hydrogen-bond acceptors (Lipinski definition) is 4. The Morgan fingerprint density at radius 2 is 1.91 bits per heavy atom. The Bertz CT molecular complexity index is 685. The highest BCUT2D eigenvalue weighted by atomic mass is 35.5. The van der Waals surface area contributed by atoms with Crippen molar-refractivity contribution in [2.75, 3.05) is 7.11 Å². The van der Waals surface area contributed by atoms with E-state index < -0.39 is 5.97 Å². The van der Waals surface area contributed by atoms with Gasteiger partial charge in [-0.05, 0) is 30.2 Å². The van der Waals surface area contributed by atoms with Crippen LogP contribution in [0.25, 0.3) is 11.4 Å². The van der Waals surface area contributed by atoms with Gasteiger partial charge >= 0.3 is 5.97 Å². The largest absolute Gasteiger partial charge is 0.478 e. The third-order valence-electron chi connectivity index (χ3n) is 3.16. The molecule has 0 fully saturated rings. The van der Waals surface area contributed by atoms with Crippen LogP contribution in [-0.4, -0.2) is 28.2 Å². The summed E-state index contributed by atoms with van der Waals surface area (Å²) in [7, 11) is 1.50. The van der Waals surface area contributed by atoms with E-state index in [4.69, 9.17) is 16.3 Å². The zero-order chi connectivity index (χ0) is 16.3. The molecule has 6 heteroatoms. The molecule has 0 spiro atoms. The van der Waals surface area contributed by atoms with Crippen LogP contribution in [0.15, 0.2) is 24.3 Å². The van der Waals surface area contributed by atoms with Gasteiger partial charge in [0.2, 0.25) is 0 Å². The number of carboxylic acid groups (broad SMARTS) is 1. The summed E-state index contributed by atoms with van der Waals surface area (Å²) < 4.78 is 5.09. The van der Waals surface area contributed by atoms with Gasteiger partial charge in [-0.15, -0.1) is 0 Å². The van der Waals surface area contributed by atoms with Gasteiger partial charge in [0.25, 0.3) is 0 Å². The molecule has 0 saturated carbocycles. The molecule has 22 heavy (non-hydrogen) atoms. The first-order valence-corrected chi connectivity index (χ1v) is 7.20. The van der Waals surface area contributed by atoms with Crippen LogP contribution in [0.2, 0.25) is 5.02 Å².